The Bertz CT molecular complexity index is 1180. The number of carbonyl (C=O) groups is 1. The van der Waals surface area contributed by atoms with E-state index in [-0.39, 0.29) is 35.6 Å². The molecule has 0 aliphatic carbocycles. The Morgan fingerprint density at radius 1 is 1.19 bits per heavy atom. The molecule has 0 saturated heterocycles. The first-order chi connectivity index (χ1) is 14.5. The second-order valence-electron chi connectivity index (χ2n) is 7.45. The summed E-state index contributed by atoms with van der Waals surface area (Å²) in [7, 11) is 0. The minimum absolute atomic E-state index is 0.0933. The highest BCUT2D eigenvalue weighted by Gasteiger charge is 2.35. The summed E-state index contributed by atoms with van der Waals surface area (Å²) in [6.07, 6.45) is -3.90. The minimum Gasteiger partial charge on any atom is -0.323 e. The lowest BCUT2D eigenvalue weighted by Gasteiger charge is -2.12. The van der Waals surface area contributed by atoms with E-state index in [9.17, 15) is 31.5 Å². The van der Waals surface area contributed by atoms with Crippen molar-refractivity contribution in [2.24, 2.45) is 5.92 Å². The fourth-order valence-electron chi connectivity index (χ4n) is 3.12. The van der Waals surface area contributed by atoms with Crippen molar-refractivity contribution in [2.45, 2.75) is 39.5 Å². The molecule has 0 saturated carbocycles. The molecule has 0 bridgehead atoms. The van der Waals surface area contributed by atoms with Crippen LogP contribution in [0.3, 0.4) is 0 Å². The van der Waals surface area contributed by atoms with Crippen LogP contribution in [0.5, 0.6) is 0 Å². The molecule has 6 nitrogen and oxygen atoms in total. The number of fused-ring (bicyclic) bond motifs is 1. The van der Waals surface area contributed by atoms with E-state index < -0.39 is 34.8 Å². The number of aryl methyl sites for hydroxylation is 1. The van der Waals surface area contributed by atoms with Crippen LogP contribution < -0.4 is 10.9 Å². The van der Waals surface area contributed by atoms with Crippen molar-refractivity contribution < 1.29 is 26.7 Å². The monoisotopic (exact) mass is 442 g/mol. The number of rotatable bonds is 6. The molecule has 0 fully saturated rings. The number of halogens is 5. The molecule has 0 aliphatic rings. The maximum atomic E-state index is 13.7. The maximum Gasteiger partial charge on any atom is 0.417 e. The number of nitrogens with one attached hydrogen (secondary N) is 1. The number of hydrogen-bond acceptors (Lipinski definition) is 3. The van der Waals surface area contributed by atoms with Crippen LogP contribution in [0.4, 0.5) is 27.6 Å². The normalized spacial score (nSPS) is 12.0. The van der Waals surface area contributed by atoms with E-state index in [0.717, 1.165) is 22.8 Å². The average molecular weight is 442 g/mol. The number of nitrogens with zero attached hydrogens (tertiary/aromatic N) is 3. The van der Waals surface area contributed by atoms with Gasteiger partial charge in [-0.2, -0.15) is 18.3 Å². The molecule has 0 aliphatic heterocycles. The molecule has 3 aromatic rings. The largest absolute Gasteiger partial charge is 0.417 e. The van der Waals surface area contributed by atoms with Gasteiger partial charge in [0.25, 0.3) is 5.56 Å². The van der Waals surface area contributed by atoms with Gasteiger partial charge in [0, 0.05) is 43.2 Å². The third kappa shape index (κ3) is 5.09. The van der Waals surface area contributed by atoms with Gasteiger partial charge in [-0.15, -0.1) is 0 Å². The van der Waals surface area contributed by atoms with Gasteiger partial charge >= 0.3 is 6.18 Å². The third-order valence-corrected chi connectivity index (χ3v) is 4.44. The van der Waals surface area contributed by atoms with Crippen LogP contribution in [-0.4, -0.2) is 20.3 Å². The Balaban J connectivity index is 1.91. The fourth-order valence-corrected chi connectivity index (χ4v) is 3.12. The van der Waals surface area contributed by atoms with Crippen LogP contribution in [0.1, 0.15) is 25.8 Å². The highest BCUT2D eigenvalue weighted by molar-refractivity contribution is 5.91. The Hall–Kier alpha value is -3.24. The van der Waals surface area contributed by atoms with Crippen molar-refractivity contribution in [3.63, 3.8) is 0 Å². The lowest BCUT2D eigenvalue weighted by molar-refractivity contribution is -0.136. The van der Waals surface area contributed by atoms with E-state index in [4.69, 9.17) is 0 Å². The quantitative estimate of drug-likeness (QED) is 0.583. The first kappa shape index (κ1) is 22.4. The molecular weight excluding hydrogens is 423 g/mol. The van der Waals surface area contributed by atoms with Gasteiger partial charge in [-0.25, -0.2) is 8.78 Å². The van der Waals surface area contributed by atoms with E-state index in [0.29, 0.717) is 12.6 Å². The summed E-state index contributed by atoms with van der Waals surface area (Å²) >= 11 is 0. The van der Waals surface area contributed by atoms with Crippen molar-refractivity contribution in [2.75, 3.05) is 5.32 Å². The summed E-state index contributed by atoms with van der Waals surface area (Å²) in [5, 5.41) is 6.03. The summed E-state index contributed by atoms with van der Waals surface area (Å²) in [6, 6.07) is 2.99. The van der Waals surface area contributed by atoms with Gasteiger partial charge in [0.1, 0.15) is 11.6 Å². The van der Waals surface area contributed by atoms with Crippen molar-refractivity contribution in [1.29, 1.82) is 0 Å². The van der Waals surface area contributed by atoms with E-state index >= 15 is 0 Å². The van der Waals surface area contributed by atoms with Gasteiger partial charge in [0.2, 0.25) is 5.91 Å². The smallest absolute Gasteiger partial charge is 0.323 e. The van der Waals surface area contributed by atoms with Gasteiger partial charge in [-0.3, -0.25) is 18.8 Å². The number of aromatic nitrogens is 3. The first-order valence-corrected chi connectivity index (χ1v) is 9.39. The number of amides is 1. The highest BCUT2D eigenvalue weighted by Crippen LogP contribution is 2.33. The van der Waals surface area contributed by atoms with Crippen LogP contribution in [0.25, 0.3) is 11.0 Å². The molecule has 166 valence electrons. The molecule has 3 rings (SSSR count). The maximum absolute atomic E-state index is 13.7. The Morgan fingerprint density at radius 2 is 1.90 bits per heavy atom. The van der Waals surface area contributed by atoms with E-state index in [2.05, 4.69) is 10.4 Å². The van der Waals surface area contributed by atoms with Crippen molar-refractivity contribution >= 4 is 22.6 Å². The molecule has 2 aromatic heterocycles. The van der Waals surface area contributed by atoms with Gasteiger partial charge in [0.05, 0.1) is 11.3 Å². The summed E-state index contributed by atoms with van der Waals surface area (Å²) in [4.78, 5) is 24.5. The SMILES string of the molecule is CC(C)Cn1cc2c(C(F)(F)F)cc(=O)n(CCC(=O)Nc3cc(F)ccc3F)c2n1. The predicted molar refractivity (Wildman–Crippen MR) is 103 cm³/mol. The molecule has 2 heterocycles. The molecule has 0 radical (unpaired) electrons. The summed E-state index contributed by atoms with van der Waals surface area (Å²) in [6.45, 7) is 3.76. The second-order valence-corrected chi connectivity index (χ2v) is 7.45. The van der Waals surface area contributed by atoms with Gasteiger partial charge in [0.15, 0.2) is 5.65 Å². The van der Waals surface area contributed by atoms with E-state index in [1.54, 1.807) is 0 Å². The molecule has 31 heavy (non-hydrogen) atoms. The molecule has 0 spiro atoms. The zero-order valence-electron chi connectivity index (χ0n) is 16.6. The van der Waals surface area contributed by atoms with E-state index in [1.807, 2.05) is 13.8 Å². The van der Waals surface area contributed by atoms with Crippen molar-refractivity contribution in [3.8, 4) is 0 Å². The Labute approximate surface area is 173 Å². The van der Waals surface area contributed by atoms with Crippen molar-refractivity contribution in [1.82, 2.24) is 14.3 Å². The summed E-state index contributed by atoms with van der Waals surface area (Å²) in [5.74, 6) is -2.26. The van der Waals surface area contributed by atoms with Crippen LogP contribution in [0.15, 0.2) is 35.3 Å². The zero-order chi connectivity index (χ0) is 22.9. The Kier molecular flexibility index (Phi) is 6.14. The predicted octanol–water partition coefficient (Wildman–Crippen LogP) is 4.18. The highest BCUT2D eigenvalue weighted by atomic mass is 19.4. The first-order valence-electron chi connectivity index (χ1n) is 9.39. The third-order valence-electron chi connectivity index (χ3n) is 4.44. The topological polar surface area (TPSA) is 68.9 Å². The molecule has 11 heteroatoms. The lowest BCUT2D eigenvalue weighted by atomic mass is 10.1. The zero-order valence-corrected chi connectivity index (χ0v) is 16.6. The molecule has 0 unspecified atom stereocenters. The van der Waals surface area contributed by atoms with Crippen LogP contribution in [0.2, 0.25) is 0 Å². The minimum atomic E-state index is -4.76. The van der Waals surface area contributed by atoms with Crippen LogP contribution in [-0.2, 0) is 24.1 Å². The van der Waals surface area contributed by atoms with Crippen LogP contribution in [0, 0.1) is 17.6 Å². The molecule has 1 amide bonds. The molecule has 1 N–H and O–H groups in total. The van der Waals surface area contributed by atoms with Gasteiger partial charge < -0.3 is 5.32 Å². The molecular formula is C20H19F5N4O2. The summed E-state index contributed by atoms with van der Waals surface area (Å²) in [5.41, 5.74) is -2.66. The molecule has 1 aromatic carbocycles. The van der Waals surface area contributed by atoms with Crippen molar-refractivity contribution in [3.05, 3.63) is 58.0 Å². The second kappa shape index (κ2) is 8.48. The fraction of sp³-hybridized carbons (Fsp3) is 0.350. The standard InChI is InChI=1S/C20H19F5N4O2/c1-11(2)9-28-10-13-14(20(23,24)25)8-18(31)29(19(13)27-28)6-5-17(30)26-16-7-12(21)3-4-15(16)22/h3-4,7-8,10-11H,5-6,9H2,1-2H3,(H,26,30). The molecule has 0 atom stereocenters. The van der Waals surface area contributed by atoms with E-state index in [1.165, 1.54) is 10.9 Å². The number of carbonyl (C=O) groups excluding carboxylic acids is 1. The van der Waals surface area contributed by atoms with Gasteiger partial charge in [-0.05, 0) is 18.1 Å². The number of benzene rings is 1. The van der Waals surface area contributed by atoms with Crippen LogP contribution >= 0.6 is 0 Å². The Morgan fingerprint density at radius 3 is 2.55 bits per heavy atom. The van der Waals surface area contributed by atoms with Gasteiger partial charge in [-0.1, -0.05) is 13.8 Å². The number of anilines is 1. The number of hydrogen-bond donors (Lipinski definition) is 1. The number of alkyl halides is 3. The number of pyridine rings is 1. The summed E-state index contributed by atoms with van der Waals surface area (Å²) < 4.78 is 69.4. The lowest BCUT2D eigenvalue weighted by Crippen LogP contribution is -2.25. The average Bonchev–Trinajstić information content (AvgIpc) is 3.04.